The van der Waals surface area contributed by atoms with Crippen molar-refractivity contribution in [3.63, 3.8) is 0 Å². The van der Waals surface area contributed by atoms with Crippen molar-refractivity contribution in [1.82, 2.24) is 0 Å². The second-order valence-electron chi connectivity index (χ2n) is 3.26. The number of rotatable bonds is 4. The molecule has 16 heavy (non-hydrogen) atoms. The summed E-state index contributed by atoms with van der Waals surface area (Å²) >= 11 is 0. The van der Waals surface area contributed by atoms with Crippen LogP contribution in [0.15, 0.2) is 12.1 Å². The van der Waals surface area contributed by atoms with Crippen LogP contribution in [0.25, 0.3) is 4.85 Å². The molecule has 0 N–H and O–H groups in total. The van der Waals surface area contributed by atoms with Crippen LogP contribution in [0.2, 0.25) is 0 Å². The topological polar surface area (TPSA) is 32.0 Å². The molecule has 0 saturated heterocycles. The van der Waals surface area contributed by atoms with Crippen LogP contribution in [0.1, 0.15) is 18.5 Å². The lowest BCUT2D eigenvalue weighted by Crippen LogP contribution is -1.97. The van der Waals surface area contributed by atoms with Crippen molar-refractivity contribution < 1.29 is 14.2 Å². The summed E-state index contributed by atoms with van der Waals surface area (Å²) in [5, 5.41) is 0. The van der Waals surface area contributed by atoms with Gasteiger partial charge in [0.2, 0.25) is 11.8 Å². The summed E-state index contributed by atoms with van der Waals surface area (Å²) in [5.41, 5.74) is 0.851. The predicted octanol–water partition coefficient (Wildman–Crippen LogP) is 2.69. The molecule has 0 fully saturated rings. The van der Waals surface area contributed by atoms with Crippen LogP contribution in [0.4, 0.5) is 0 Å². The zero-order chi connectivity index (χ0) is 12.1. The molecule has 0 aromatic heterocycles. The summed E-state index contributed by atoms with van der Waals surface area (Å²) in [6.45, 7) is 8.84. The maximum atomic E-state index is 7.01. The molecule has 0 bridgehead atoms. The van der Waals surface area contributed by atoms with Gasteiger partial charge in [-0.3, -0.25) is 0 Å². The van der Waals surface area contributed by atoms with Crippen molar-refractivity contribution in [2.24, 2.45) is 0 Å². The molecule has 0 radical (unpaired) electrons. The van der Waals surface area contributed by atoms with E-state index < -0.39 is 0 Å². The third-order valence-electron chi connectivity index (χ3n) is 2.36. The van der Waals surface area contributed by atoms with E-state index in [0.717, 1.165) is 5.56 Å². The number of methoxy groups -OCH3 is 3. The minimum absolute atomic E-state index is 0.228. The SMILES string of the molecule is [C-]#[N+]C(C)c1cc(OC)c(OC)c(OC)c1. The van der Waals surface area contributed by atoms with Gasteiger partial charge >= 0.3 is 0 Å². The molecule has 1 atom stereocenters. The highest BCUT2D eigenvalue weighted by Gasteiger charge is 2.18. The fourth-order valence-electron chi connectivity index (χ4n) is 1.42. The minimum atomic E-state index is -0.228. The molecule has 0 spiro atoms. The fourth-order valence-corrected chi connectivity index (χ4v) is 1.42. The largest absolute Gasteiger partial charge is 0.493 e. The first-order valence-electron chi connectivity index (χ1n) is 4.84. The van der Waals surface area contributed by atoms with Gasteiger partial charge in [0, 0.05) is 12.5 Å². The molecular formula is C12H15NO3. The van der Waals surface area contributed by atoms with Crippen LogP contribution in [-0.2, 0) is 0 Å². The molecular weight excluding hydrogens is 206 g/mol. The molecule has 1 aromatic rings. The molecule has 4 heteroatoms. The summed E-state index contributed by atoms with van der Waals surface area (Å²) in [7, 11) is 4.67. The van der Waals surface area contributed by atoms with Gasteiger partial charge in [0.25, 0.3) is 0 Å². The summed E-state index contributed by atoms with van der Waals surface area (Å²) < 4.78 is 15.6. The number of hydrogen-bond acceptors (Lipinski definition) is 3. The first-order valence-corrected chi connectivity index (χ1v) is 4.84. The van der Waals surface area contributed by atoms with Crippen LogP contribution < -0.4 is 14.2 Å². The zero-order valence-electron chi connectivity index (χ0n) is 9.90. The van der Waals surface area contributed by atoms with Crippen LogP contribution in [0.3, 0.4) is 0 Å². The van der Waals surface area contributed by atoms with E-state index in [0.29, 0.717) is 17.2 Å². The average molecular weight is 221 g/mol. The molecule has 0 saturated carbocycles. The molecule has 4 nitrogen and oxygen atoms in total. The molecule has 0 aliphatic carbocycles. The third kappa shape index (κ3) is 2.19. The van der Waals surface area contributed by atoms with Gasteiger partial charge in [-0.1, -0.05) is 0 Å². The quantitative estimate of drug-likeness (QED) is 0.733. The minimum Gasteiger partial charge on any atom is -0.493 e. The summed E-state index contributed by atoms with van der Waals surface area (Å²) in [6, 6.07) is 3.36. The number of ether oxygens (including phenoxy) is 3. The van der Waals surface area contributed by atoms with Crippen molar-refractivity contribution in [1.29, 1.82) is 0 Å². The van der Waals surface area contributed by atoms with Gasteiger partial charge in [0.05, 0.1) is 21.3 Å². The Bertz CT molecular complexity index is 384. The Morgan fingerprint density at radius 2 is 1.56 bits per heavy atom. The van der Waals surface area contributed by atoms with Crippen molar-refractivity contribution >= 4 is 0 Å². The molecule has 0 aliphatic heterocycles. The Hall–Kier alpha value is -1.89. The molecule has 0 aliphatic rings. The predicted molar refractivity (Wildman–Crippen MR) is 61.1 cm³/mol. The molecule has 1 unspecified atom stereocenters. The first kappa shape index (κ1) is 12.2. The Balaban J connectivity index is 3.32. The Morgan fingerprint density at radius 3 is 1.88 bits per heavy atom. The smallest absolute Gasteiger partial charge is 0.246 e. The second-order valence-corrected chi connectivity index (χ2v) is 3.26. The number of nitrogens with zero attached hydrogens (tertiary/aromatic N) is 1. The first-order chi connectivity index (χ1) is 7.67. The van der Waals surface area contributed by atoms with Crippen molar-refractivity contribution in [3.05, 3.63) is 29.1 Å². The van der Waals surface area contributed by atoms with Crippen molar-refractivity contribution in [2.45, 2.75) is 13.0 Å². The van der Waals surface area contributed by atoms with E-state index in [1.54, 1.807) is 33.5 Å². The van der Waals surface area contributed by atoms with E-state index in [1.807, 2.05) is 6.92 Å². The van der Waals surface area contributed by atoms with E-state index in [2.05, 4.69) is 4.85 Å². The molecule has 1 aromatic carbocycles. The lowest BCUT2D eigenvalue weighted by Gasteiger charge is -2.13. The highest BCUT2D eigenvalue weighted by atomic mass is 16.5. The summed E-state index contributed by atoms with van der Waals surface area (Å²) in [4.78, 5) is 3.46. The van der Waals surface area contributed by atoms with E-state index in [-0.39, 0.29) is 6.04 Å². The highest BCUT2D eigenvalue weighted by Crippen LogP contribution is 2.40. The fraction of sp³-hybridized carbons (Fsp3) is 0.417. The van der Waals surface area contributed by atoms with Gasteiger partial charge in [-0.15, -0.1) is 0 Å². The monoisotopic (exact) mass is 221 g/mol. The van der Waals surface area contributed by atoms with Crippen LogP contribution >= 0.6 is 0 Å². The van der Waals surface area contributed by atoms with Gasteiger partial charge in [-0.05, 0) is 12.1 Å². The van der Waals surface area contributed by atoms with E-state index >= 15 is 0 Å². The lowest BCUT2D eigenvalue weighted by molar-refractivity contribution is 0.323. The van der Waals surface area contributed by atoms with Crippen LogP contribution in [0, 0.1) is 6.57 Å². The lowest BCUT2D eigenvalue weighted by atomic mass is 10.1. The number of benzene rings is 1. The van der Waals surface area contributed by atoms with Crippen molar-refractivity contribution in [2.75, 3.05) is 21.3 Å². The maximum absolute atomic E-state index is 7.01. The summed E-state index contributed by atoms with van der Waals surface area (Å²) in [6.07, 6.45) is 0. The Kier molecular flexibility index (Phi) is 4.01. The van der Waals surface area contributed by atoms with Gasteiger partial charge < -0.3 is 19.1 Å². The normalized spacial score (nSPS) is 11.4. The molecule has 86 valence electrons. The maximum Gasteiger partial charge on any atom is 0.246 e. The van der Waals surface area contributed by atoms with E-state index in [9.17, 15) is 0 Å². The molecule has 0 amide bonds. The summed E-state index contributed by atoms with van der Waals surface area (Å²) in [5.74, 6) is 1.70. The average Bonchev–Trinajstić information content (AvgIpc) is 2.35. The van der Waals surface area contributed by atoms with Gasteiger partial charge in [0.15, 0.2) is 11.5 Å². The Labute approximate surface area is 95.6 Å². The molecule has 0 heterocycles. The van der Waals surface area contributed by atoms with E-state index in [1.165, 1.54) is 0 Å². The molecule has 1 rings (SSSR count). The second kappa shape index (κ2) is 5.26. The van der Waals surface area contributed by atoms with Crippen LogP contribution in [-0.4, -0.2) is 21.3 Å². The third-order valence-corrected chi connectivity index (χ3v) is 2.36. The zero-order valence-corrected chi connectivity index (χ0v) is 9.90. The standard InChI is InChI=1S/C12H15NO3/c1-8(13-2)9-6-10(14-3)12(16-5)11(7-9)15-4/h6-8H,1,3-5H3. The highest BCUT2D eigenvalue weighted by molar-refractivity contribution is 5.54. The van der Waals surface area contributed by atoms with Gasteiger partial charge in [-0.2, -0.15) is 0 Å². The van der Waals surface area contributed by atoms with Gasteiger partial charge in [-0.25, -0.2) is 6.57 Å². The van der Waals surface area contributed by atoms with Gasteiger partial charge in [0.1, 0.15) is 0 Å². The Morgan fingerprint density at radius 1 is 1.06 bits per heavy atom. The van der Waals surface area contributed by atoms with E-state index in [4.69, 9.17) is 20.8 Å². The van der Waals surface area contributed by atoms with Crippen molar-refractivity contribution in [3.8, 4) is 17.2 Å². The number of hydrogen-bond donors (Lipinski definition) is 0. The van der Waals surface area contributed by atoms with Crippen LogP contribution in [0.5, 0.6) is 17.2 Å².